The maximum atomic E-state index is 14.0. The van der Waals surface area contributed by atoms with Crippen molar-refractivity contribution in [3.8, 4) is 6.07 Å². The fourth-order valence-electron chi connectivity index (χ4n) is 1.51. The van der Waals surface area contributed by atoms with Crippen molar-refractivity contribution in [2.24, 2.45) is 5.73 Å². The fraction of sp³-hybridized carbons (Fsp3) is 0.462. The third-order valence-corrected chi connectivity index (χ3v) is 2.74. The van der Waals surface area contributed by atoms with Gasteiger partial charge in [-0.15, -0.1) is 0 Å². The molecule has 1 atom stereocenters. The zero-order valence-corrected chi connectivity index (χ0v) is 10.5. The fourth-order valence-corrected chi connectivity index (χ4v) is 1.51. The Morgan fingerprint density at radius 1 is 1.33 bits per heavy atom. The number of rotatable bonds is 3. The summed E-state index contributed by atoms with van der Waals surface area (Å²) in [6.45, 7) is 3.69. The molecule has 0 spiro atoms. The highest BCUT2D eigenvalue weighted by Crippen LogP contribution is 2.39. The lowest BCUT2D eigenvalue weighted by molar-refractivity contribution is -0.168. The van der Waals surface area contributed by atoms with Gasteiger partial charge in [0.05, 0.1) is 11.6 Å². The Morgan fingerprint density at radius 2 is 1.89 bits per heavy atom. The van der Waals surface area contributed by atoms with Crippen LogP contribution in [0.2, 0.25) is 0 Å². The van der Waals surface area contributed by atoms with Crippen LogP contribution in [-0.4, -0.2) is 10.7 Å². The Labute approximate surface area is 105 Å². The van der Waals surface area contributed by atoms with E-state index in [1.54, 1.807) is 6.92 Å². The van der Waals surface area contributed by atoms with Gasteiger partial charge >= 0.3 is 5.92 Å². The Kier molecular flexibility index (Phi) is 3.75. The van der Waals surface area contributed by atoms with Crippen molar-refractivity contribution in [2.75, 3.05) is 0 Å². The molecule has 1 rings (SSSR count). The van der Waals surface area contributed by atoms with Gasteiger partial charge in [0.2, 0.25) is 0 Å². The summed E-state index contributed by atoms with van der Waals surface area (Å²) < 4.78 is 28.0. The molecule has 18 heavy (non-hydrogen) atoms. The molecule has 0 aliphatic heterocycles. The molecule has 0 saturated heterocycles. The van der Waals surface area contributed by atoms with Crippen molar-refractivity contribution < 1.29 is 13.9 Å². The summed E-state index contributed by atoms with van der Waals surface area (Å²) in [6, 6.07) is 5.12. The van der Waals surface area contributed by atoms with E-state index < -0.39 is 23.1 Å². The van der Waals surface area contributed by atoms with Crippen molar-refractivity contribution in [1.29, 1.82) is 5.26 Å². The standard InChI is InChI=1S/C13H16F2N2O/c1-8(17)10-4-9(7-16)5-11(6-10)13(14,15)12(2,3)18/h4-6,8,18H,17H2,1-3H3/t8-/m1/s1. The highest BCUT2D eigenvalue weighted by Gasteiger charge is 2.47. The van der Waals surface area contributed by atoms with Crippen LogP contribution in [0.4, 0.5) is 8.78 Å². The second kappa shape index (κ2) is 4.63. The molecule has 0 aromatic heterocycles. The van der Waals surface area contributed by atoms with Crippen molar-refractivity contribution in [1.82, 2.24) is 0 Å². The minimum Gasteiger partial charge on any atom is -0.384 e. The van der Waals surface area contributed by atoms with Gasteiger partial charge in [0.15, 0.2) is 0 Å². The Bertz CT molecular complexity index is 485. The number of halogens is 2. The number of nitrogens with zero attached hydrogens (tertiary/aromatic N) is 1. The highest BCUT2D eigenvalue weighted by molar-refractivity contribution is 5.41. The van der Waals surface area contributed by atoms with Gasteiger partial charge in [-0.1, -0.05) is 0 Å². The molecule has 1 aromatic carbocycles. The van der Waals surface area contributed by atoms with Crippen LogP contribution in [-0.2, 0) is 5.92 Å². The lowest BCUT2D eigenvalue weighted by Crippen LogP contribution is -2.40. The predicted molar refractivity (Wildman–Crippen MR) is 64.0 cm³/mol. The first-order valence-corrected chi connectivity index (χ1v) is 5.51. The largest absolute Gasteiger partial charge is 0.384 e. The predicted octanol–water partition coefficient (Wildman–Crippen LogP) is 2.44. The molecule has 0 unspecified atom stereocenters. The minimum atomic E-state index is -3.45. The second-order valence-corrected chi connectivity index (χ2v) is 4.88. The number of hydrogen-bond donors (Lipinski definition) is 2. The quantitative estimate of drug-likeness (QED) is 0.870. The first-order valence-electron chi connectivity index (χ1n) is 5.51. The van der Waals surface area contributed by atoms with Crippen LogP contribution >= 0.6 is 0 Å². The third-order valence-electron chi connectivity index (χ3n) is 2.74. The molecule has 98 valence electrons. The zero-order valence-electron chi connectivity index (χ0n) is 10.5. The van der Waals surface area contributed by atoms with Crippen LogP contribution < -0.4 is 5.73 Å². The molecule has 0 radical (unpaired) electrons. The first kappa shape index (κ1) is 14.6. The van der Waals surface area contributed by atoms with E-state index in [1.165, 1.54) is 12.1 Å². The van der Waals surface area contributed by atoms with Crippen LogP contribution in [0.3, 0.4) is 0 Å². The van der Waals surface area contributed by atoms with Crippen molar-refractivity contribution >= 4 is 0 Å². The SMILES string of the molecule is C[C@@H](N)c1cc(C#N)cc(C(F)(F)C(C)(C)O)c1. The average Bonchev–Trinajstić information content (AvgIpc) is 2.26. The molecule has 0 aliphatic rings. The maximum Gasteiger partial charge on any atom is 0.300 e. The summed E-state index contributed by atoms with van der Waals surface area (Å²) in [5, 5.41) is 18.4. The van der Waals surface area contributed by atoms with Crippen LogP contribution in [0.1, 0.15) is 43.5 Å². The van der Waals surface area contributed by atoms with Crippen molar-refractivity contribution in [3.05, 3.63) is 34.9 Å². The summed E-state index contributed by atoms with van der Waals surface area (Å²) in [5.74, 6) is -3.45. The lowest BCUT2D eigenvalue weighted by Gasteiger charge is -2.29. The summed E-state index contributed by atoms with van der Waals surface area (Å²) in [6.07, 6.45) is 0. The van der Waals surface area contributed by atoms with E-state index in [1.807, 2.05) is 6.07 Å². The third kappa shape index (κ3) is 2.66. The molecule has 3 N–H and O–H groups in total. The Morgan fingerprint density at radius 3 is 2.28 bits per heavy atom. The number of benzene rings is 1. The van der Waals surface area contributed by atoms with Gasteiger partial charge < -0.3 is 10.8 Å². The molecule has 0 heterocycles. The Hall–Kier alpha value is -1.51. The lowest BCUT2D eigenvalue weighted by atomic mass is 9.90. The van der Waals surface area contributed by atoms with E-state index in [2.05, 4.69) is 0 Å². The summed E-state index contributed by atoms with van der Waals surface area (Å²) in [7, 11) is 0. The first-order chi connectivity index (χ1) is 8.09. The summed E-state index contributed by atoms with van der Waals surface area (Å²) >= 11 is 0. The van der Waals surface area contributed by atoms with Crippen molar-refractivity contribution in [3.63, 3.8) is 0 Å². The molecule has 3 nitrogen and oxygen atoms in total. The molecule has 0 fully saturated rings. The minimum absolute atomic E-state index is 0.101. The molecule has 0 aliphatic carbocycles. The van der Waals surface area contributed by atoms with Gasteiger partial charge in [0.25, 0.3) is 0 Å². The topological polar surface area (TPSA) is 70.0 Å². The van der Waals surface area contributed by atoms with E-state index in [4.69, 9.17) is 11.0 Å². The summed E-state index contributed by atoms with van der Waals surface area (Å²) in [5.41, 5.74) is 3.57. The normalized spacial score (nSPS) is 14.1. The number of nitrogens with two attached hydrogens (primary N) is 1. The second-order valence-electron chi connectivity index (χ2n) is 4.88. The molecule has 1 aromatic rings. The number of nitriles is 1. The van der Waals surface area contributed by atoms with Crippen molar-refractivity contribution in [2.45, 2.75) is 38.3 Å². The van der Waals surface area contributed by atoms with E-state index in [-0.39, 0.29) is 5.56 Å². The summed E-state index contributed by atoms with van der Waals surface area (Å²) in [4.78, 5) is 0. The van der Waals surface area contributed by atoms with E-state index in [0.717, 1.165) is 19.9 Å². The smallest absolute Gasteiger partial charge is 0.300 e. The van der Waals surface area contributed by atoms with Gasteiger partial charge in [-0.2, -0.15) is 14.0 Å². The monoisotopic (exact) mass is 254 g/mol. The van der Waals surface area contributed by atoms with Crippen LogP contribution in [0.15, 0.2) is 18.2 Å². The number of aliphatic hydroxyl groups is 1. The van der Waals surface area contributed by atoms with Gasteiger partial charge in [-0.05, 0) is 44.5 Å². The Balaban J connectivity index is 3.42. The van der Waals surface area contributed by atoms with Gasteiger partial charge in [0.1, 0.15) is 5.60 Å². The van der Waals surface area contributed by atoms with Crippen LogP contribution in [0.5, 0.6) is 0 Å². The van der Waals surface area contributed by atoms with Gasteiger partial charge in [-0.3, -0.25) is 0 Å². The molecule has 0 bridgehead atoms. The zero-order chi connectivity index (χ0) is 14.1. The highest BCUT2D eigenvalue weighted by atomic mass is 19.3. The van der Waals surface area contributed by atoms with Gasteiger partial charge in [-0.25, -0.2) is 0 Å². The molecule has 0 amide bonds. The number of hydrogen-bond acceptors (Lipinski definition) is 3. The van der Waals surface area contributed by atoms with E-state index >= 15 is 0 Å². The van der Waals surface area contributed by atoms with Crippen LogP contribution in [0.25, 0.3) is 0 Å². The van der Waals surface area contributed by atoms with E-state index in [0.29, 0.717) is 5.56 Å². The molecular formula is C13H16F2N2O. The maximum absolute atomic E-state index is 14.0. The van der Waals surface area contributed by atoms with E-state index in [9.17, 15) is 13.9 Å². The molecule has 5 heteroatoms. The van der Waals surface area contributed by atoms with Crippen LogP contribution in [0, 0.1) is 11.3 Å². The van der Waals surface area contributed by atoms with Gasteiger partial charge in [0, 0.05) is 11.6 Å². The molecule has 0 saturated carbocycles. The average molecular weight is 254 g/mol. The number of alkyl halides is 2. The molecular weight excluding hydrogens is 238 g/mol.